The molecule has 1 rings (SSSR count). The van der Waals surface area contributed by atoms with E-state index in [0.717, 1.165) is 0 Å². The second-order valence-electron chi connectivity index (χ2n) is 3.43. The Balaban J connectivity index is 2.72. The third-order valence-electron chi connectivity index (χ3n) is 2.27. The van der Waals surface area contributed by atoms with Crippen LogP contribution in [-0.2, 0) is 4.79 Å². The molecular weight excluding hydrogens is 229 g/mol. The molecule has 3 N–H and O–H groups in total. The number of thioether (sulfide) groups is 1. The van der Waals surface area contributed by atoms with Crippen molar-refractivity contribution in [1.82, 2.24) is 0 Å². The highest BCUT2D eigenvalue weighted by Gasteiger charge is 2.10. The van der Waals surface area contributed by atoms with Crippen molar-refractivity contribution in [3.8, 4) is 0 Å². The molecule has 88 valence electrons. The number of rotatable bonds is 5. The molecule has 0 saturated heterocycles. The van der Waals surface area contributed by atoms with Gasteiger partial charge in [-0.2, -0.15) is 0 Å². The molecule has 0 aromatic heterocycles. The van der Waals surface area contributed by atoms with E-state index in [-0.39, 0.29) is 12.2 Å². The highest BCUT2D eigenvalue weighted by atomic mass is 32.2. The molecule has 0 aliphatic heterocycles. The standard InChI is InChI=1S/C11H14FNO2S/c1-16-10-4-2-7(6-8(10)12)9(13)3-5-11(14)15/h2,4,6,9H,3,5,13H2,1H3,(H,14,15). The first-order valence-electron chi connectivity index (χ1n) is 4.85. The Morgan fingerprint density at radius 3 is 2.81 bits per heavy atom. The van der Waals surface area contributed by atoms with E-state index >= 15 is 0 Å². The quantitative estimate of drug-likeness (QED) is 0.779. The van der Waals surface area contributed by atoms with Crippen LogP contribution >= 0.6 is 11.8 Å². The maximum absolute atomic E-state index is 13.4. The van der Waals surface area contributed by atoms with Crippen molar-refractivity contribution in [2.75, 3.05) is 6.26 Å². The smallest absolute Gasteiger partial charge is 0.303 e. The maximum Gasteiger partial charge on any atom is 0.303 e. The van der Waals surface area contributed by atoms with Gasteiger partial charge in [-0.3, -0.25) is 4.79 Å². The summed E-state index contributed by atoms with van der Waals surface area (Å²) in [6, 6.07) is 4.34. The minimum Gasteiger partial charge on any atom is -0.481 e. The van der Waals surface area contributed by atoms with Crippen molar-refractivity contribution in [3.05, 3.63) is 29.6 Å². The first-order chi connectivity index (χ1) is 7.54. The van der Waals surface area contributed by atoms with Crippen LogP contribution in [0, 0.1) is 5.82 Å². The van der Waals surface area contributed by atoms with Gasteiger partial charge in [-0.15, -0.1) is 11.8 Å². The summed E-state index contributed by atoms with van der Waals surface area (Å²) in [5, 5.41) is 8.51. The van der Waals surface area contributed by atoms with Crippen LogP contribution in [-0.4, -0.2) is 17.3 Å². The van der Waals surface area contributed by atoms with Crippen LogP contribution in [0.4, 0.5) is 4.39 Å². The summed E-state index contributed by atoms with van der Waals surface area (Å²) in [5.74, 6) is -1.20. The van der Waals surface area contributed by atoms with E-state index in [1.165, 1.54) is 17.8 Å². The van der Waals surface area contributed by atoms with Gasteiger partial charge in [0.15, 0.2) is 0 Å². The molecule has 0 aliphatic rings. The molecule has 0 bridgehead atoms. The van der Waals surface area contributed by atoms with E-state index in [1.54, 1.807) is 18.4 Å². The fraction of sp³-hybridized carbons (Fsp3) is 0.364. The molecule has 0 fully saturated rings. The first-order valence-corrected chi connectivity index (χ1v) is 6.08. The highest BCUT2D eigenvalue weighted by Crippen LogP contribution is 2.23. The molecule has 0 amide bonds. The molecule has 0 saturated carbocycles. The molecule has 1 aromatic carbocycles. The number of aliphatic carboxylic acids is 1. The highest BCUT2D eigenvalue weighted by molar-refractivity contribution is 7.98. The van der Waals surface area contributed by atoms with Gasteiger partial charge in [-0.1, -0.05) is 6.07 Å². The predicted octanol–water partition coefficient (Wildman–Crippen LogP) is 2.41. The number of carbonyl (C=O) groups is 1. The van der Waals surface area contributed by atoms with E-state index in [0.29, 0.717) is 16.9 Å². The van der Waals surface area contributed by atoms with Gasteiger partial charge >= 0.3 is 5.97 Å². The topological polar surface area (TPSA) is 63.3 Å². The van der Waals surface area contributed by atoms with Crippen molar-refractivity contribution in [2.45, 2.75) is 23.8 Å². The minimum atomic E-state index is -0.892. The Morgan fingerprint density at radius 2 is 2.31 bits per heavy atom. The summed E-state index contributed by atoms with van der Waals surface area (Å²) in [6.45, 7) is 0. The molecule has 0 spiro atoms. The fourth-order valence-electron chi connectivity index (χ4n) is 1.36. The predicted molar refractivity (Wildman–Crippen MR) is 62.0 cm³/mol. The Labute approximate surface area is 97.8 Å². The zero-order valence-electron chi connectivity index (χ0n) is 8.94. The molecule has 1 aromatic rings. The van der Waals surface area contributed by atoms with Crippen LogP contribution in [0.2, 0.25) is 0 Å². The molecule has 3 nitrogen and oxygen atoms in total. The summed E-state index contributed by atoms with van der Waals surface area (Å²) in [5.41, 5.74) is 6.40. The Kier molecular flexibility index (Phi) is 4.76. The molecular formula is C11H14FNO2S. The van der Waals surface area contributed by atoms with Crippen LogP contribution in [0.3, 0.4) is 0 Å². The molecule has 16 heavy (non-hydrogen) atoms. The van der Waals surface area contributed by atoms with Gasteiger partial charge in [0.1, 0.15) is 5.82 Å². The largest absolute Gasteiger partial charge is 0.481 e. The average Bonchev–Trinajstić information content (AvgIpc) is 2.25. The van der Waals surface area contributed by atoms with Gasteiger partial charge in [0.05, 0.1) is 0 Å². The fourth-order valence-corrected chi connectivity index (χ4v) is 1.82. The van der Waals surface area contributed by atoms with Crippen LogP contribution in [0.15, 0.2) is 23.1 Å². The summed E-state index contributed by atoms with van der Waals surface area (Å²) in [7, 11) is 0. The van der Waals surface area contributed by atoms with Gasteiger partial charge in [0.25, 0.3) is 0 Å². The van der Waals surface area contributed by atoms with Crippen LogP contribution in [0.25, 0.3) is 0 Å². The van der Waals surface area contributed by atoms with E-state index in [4.69, 9.17) is 10.8 Å². The molecule has 0 aliphatic carbocycles. The van der Waals surface area contributed by atoms with Gasteiger partial charge < -0.3 is 10.8 Å². The van der Waals surface area contributed by atoms with Crippen molar-refractivity contribution in [2.24, 2.45) is 5.73 Å². The number of benzene rings is 1. The Morgan fingerprint density at radius 1 is 1.62 bits per heavy atom. The van der Waals surface area contributed by atoms with Crippen molar-refractivity contribution in [3.63, 3.8) is 0 Å². The SMILES string of the molecule is CSc1ccc(C(N)CCC(=O)O)cc1F. The third-order valence-corrected chi connectivity index (χ3v) is 3.04. The zero-order chi connectivity index (χ0) is 12.1. The van der Waals surface area contributed by atoms with Crippen molar-refractivity contribution in [1.29, 1.82) is 0 Å². The number of carboxylic acids is 1. The summed E-state index contributed by atoms with van der Waals surface area (Å²) in [6.07, 6.45) is 2.10. The minimum absolute atomic E-state index is 0.00688. The second-order valence-corrected chi connectivity index (χ2v) is 4.28. The normalized spacial score (nSPS) is 12.4. The van der Waals surface area contributed by atoms with Gasteiger partial charge in [-0.05, 0) is 30.4 Å². The molecule has 0 radical (unpaired) electrons. The number of carboxylic acid groups (broad SMARTS) is 1. The van der Waals surface area contributed by atoms with Crippen LogP contribution in [0.1, 0.15) is 24.4 Å². The Hall–Kier alpha value is -1.07. The monoisotopic (exact) mass is 243 g/mol. The van der Waals surface area contributed by atoms with Crippen LogP contribution in [0.5, 0.6) is 0 Å². The van der Waals surface area contributed by atoms with E-state index < -0.39 is 12.0 Å². The van der Waals surface area contributed by atoms with Crippen molar-refractivity contribution >= 4 is 17.7 Å². The number of nitrogens with two attached hydrogens (primary N) is 1. The van der Waals surface area contributed by atoms with Gasteiger partial charge in [-0.25, -0.2) is 4.39 Å². The molecule has 1 unspecified atom stereocenters. The van der Waals surface area contributed by atoms with E-state index in [2.05, 4.69) is 0 Å². The maximum atomic E-state index is 13.4. The third kappa shape index (κ3) is 3.50. The first kappa shape index (κ1) is 13.0. The van der Waals surface area contributed by atoms with E-state index in [9.17, 15) is 9.18 Å². The number of hydrogen-bond donors (Lipinski definition) is 2. The zero-order valence-corrected chi connectivity index (χ0v) is 9.76. The summed E-state index contributed by atoms with van der Waals surface area (Å²) >= 11 is 1.32. The summed E-state index contributed by atoms with van der Waals surface area (Å²) < 4.78 is 13.4. The lowest BCUT2D eigenvalue weighted by Crippen LogP contribution is -2.12. The number of hydrogen-bond acceptors (Lipinski definition) is 3. The average molecular weight is 243 g/mol. The molecule has 5 heteroatoms. The van der Waals surface area contributed by atoms with Gasteiger partial charge in [0, 0.05) is 17.4 Å². The lowest BCUT2D eigenvalue weighted by Gasteiger charge is -2.11. The Bertz CT molecular complexity index is 384. The summed E-state index contributed by atoms with van der Waals surface area (Å²) in [4.78, 5) is 10.9. The van der Waals surface area contributed by atoms with Crippen LogP contribution < -0.4 is 5.73 Å². The van der Waals surface area contributed by atoms with Gasteiger partial charge in [0.2, 0.25) is 0 Å². The van der Waals surface area contributed by atoms with Crippen molar-refractivity contribution < 1.29 is 14.3 Å². The van der Waals surface area contributed by atoms with E-state index in [1.807, 2.05) is 0 Å². The lowest BCUT2D eigenvalue weighted by molar-refractivity contribution is -0.137. The molecule has 1 atom stereocenters. The molecule has 0 heterocycles. The second kappa shape index (κ2) is 5.86. The lowest BCUT2D eigenvalue weighted by atomic mass is 10.0. The number of halogens is 1.